The lowest BCUT2D eigenvalue weighted by molar-refractivity contribution is -0.149. The Bertz CT molecular complexity index is 464. The van der Waals surface area contributed by atoms with E-state index in [0.717, 1.165) is 25.1 Å². The number of likely N-dealkylation sites (tertiary alicyclic amines) is 1. The lowest BCUT2D eigenvalue weighted by Crippen LogP contribution is -2.44. The van der Waals surface area contributed by atoms with Crippen molar-refractivity contribution >= 4 is 29.0 Å². The van der Waals surface area contributed by atoms with Gasteiger partial charge in [-0.25, -0.2) is 0 Å². The van der Waals surface area contributed by atoms with E-state index in [1.165, 1.54) is 0 Å². The van der Waals surface area contributed by atoms with E-state index in [-0.39, 0.29) is 11.9 Å². The number of benzene rings is 1. The van der Waals surface area contributed by atoms with Crippen LogP contribution in [0, 0.1) is 5.92 Å². The molecule has 0 saturated carbocycles. The molecule has 1 fully saturated rings. The van der Waals surface area contributed by atoms with Crippen LogP contribution in [0.25, 0.3) is 0 Å². The highest BCUT2D eigenvalue weighted by atomic mass is 32.1. The Morgan fingerprint density at radius 3 is 2.90 bits per heavy atom. The van der Waals surface area contributed by atoms with E-state index in [2.05, 4.69) is 5.32 Å². The van der Waals surface area contributed by atoms with Gasteiger partial charge in [0, 0.05) is 18.8 Å². The van der Waals surface area contributed by atoms with Gasteiger partial charge in [0.05, 0.1) is 12.5 Å². The van der Waals surface area contributed by atoms with Crippen molar-refractivity contribution in [1.82, 2.24) is 4.90 Å². The smallest absolute Gasteiger partial charge is 0.310 e. The van der Waals surface area contributed by atoms with Crippen molar-refractivity contribution in [2.24, 2.45) is 5.92 Å². The number of esters is 1. The van der Waals surface area contributed by atoms with Crippen LogP contribution in [0.2, 0.25) is 0 Å². The molecule has 4 nitrogen and oxygen atoms in total. The molecule has 20 heavy (non-hydrogen) atoms. The van der Waals surface area contributed by atoms with Crippen molar-refractivity contribution in [2.75, 3.05) is 25.0 Å². The molecule has 1 aromatic rings. The zero-order valence-corrected chi connectivity index (χ0v) is 12.5. The lowest BCUT2D eigenvalue weighted by atomic mass is 9.98. The summed E-state index contributed by atoms with van der Waals surface area (Å²) in [4.78, 5) is 13.9. The van der Waals surface area contributed by atoms with Crippen LogP contribution < -0.4 is 5.32 Å². The van der Waals surface area contributed by atoms with Crippen molar-refractivity contribution in [3.8, 4) is 0 Å². The molecule has 1 unspecified atom stereocenters. The lowest BCUT2D eigenvalue weighted by Gasteiger charge is -2.33. The van der Waals surface area contributed by atoms with Gasteiger partial charge in [-0.15, -0.1) is 0 Å². The fourth-order valence-corrected chi connectivity index (χ4v) is 2.62. The van der Waals surface area contributed by atoms with Crippen LogP contribution >= 0.6 is 12.2 Å². The number of hydrogen-bond donors (Lipinski definition) is 1. The SMILES string of the molecule is CCOC(=O)C1CCCN(C(=S)Nc2ccccc2)C1. The van der Waals surface area contributed by atoms with Gasteiger partial charge in [0.15, 0.2) is 5.11 Å². The van der Waals surface area contributed by atoms with Crippen molar-refractivity contribution in [1.29, 1.82) is 0 Å². The first-order chi connectivity index (χ1) is 9.70. The molecule has 1 saturated heterocycles. The fourth-order valence-electron chi connectivity index (χ4n) is 2.34. The highest BCUT2D eigenvalue weighted by Crippen LogP contribution is 2.19. The molecule has 0 spiro atoms. The summed E-state index contributed by atoms with van der Waals surface area (Å²) in [6, 6.07) is 9.83. The third-order valence-electron chi connectivity index (χ3n) is 3.35. The summed E-state index contributed by atoms with van der Waals surface area (Å²) in [5, 5.41) is 3.88. The van der Waals surface area contributed by atoms with Gasteiger partial charge in [0.25, 0.3) is 0 Å². The van der Waals surface area contributed by atoms with Crippen LogP contribution in [0.1, 0.15) is 19.8 Å². The minimum atomic E-state index is -0.111. The molecule has 1 aliphatic rings. The van der Waals surface area contributed by atoms with Crippen molar-refractivity contribution in [3.05, 3.63) is 30.3 Å². The molecule has 0 aromatic heterocycles. The molecule has 0 amide bonds. The van der Waals surface area contributed by atoms with Gasteiger partial charge in [-0.1, -0.05) is 18.2 Å². The monoisotopic (exact) mass is 292 g/mol. The molecule has 0 bridgehead atoms. The van der Waals surface area contributed by atoms with Gasteiger partial charge in [-0.05, 0) is 44.1 Å². The highest BCUT2D eigenvalue weighted by Gasteiger charge is 2.27. The van der Waals surface area contributed by atoms with Crippen LogP contribution in [-0.2, 0) is 9.53 Å². The van der Waals surface area contributed by atoms with E-state index in [4.69, 9.17) is 17.0 Å². The number of carbonyl (C=O) groups excluding carboxylic acids is 1. The average molecular weight is 292 g/mol. The molecule has 1 atom stereocenters. The van der Waals surface area contributed by atoms with E-state index < -0.39 is 0 Å². The first-order valence-corrected chi connectivity index (χ1v) is 7.39. The van der Waals surface area contributed by atoms with E-state index in [1.807, 2.05) is 42.2 Å². The summed E-state index contributed by atoms with van der Waals surface area (Å²) in [7, 11) is 0. The van der Waals surface area contributed by atoms with Crippen molar-refractivity contribution in [3.63, 3.8) is 0 Å². The number of hydrogen-bond acceptors (Lipinski definition) is 3. The molecular weight excluding hydrogens is 272 g/mol. The standard InChI is InChI=1S/C15H20N2O2S/c1-2-19-14(18)12-7-6-10-17(11-12)15(20)16-13-8-4-3-5-9-13/h3-5,8-9,12H,2,6-7,10-11H2,1H3,(H,16,20). The summed E-state index contributed by atoms with van der Waals surface area (Å²) < 4.78 is 5.10. The van der Waals surface area contributed by atoms with Crippen LogP contribution in [0.4, 0.5) is 5.69 Å². The second kappa shape index (κ2) is 7.24. The summed E-state index contributed by atoms with van der Waals surface area (Å²) in [6.45, 7) is 3.79. The van der Waals surface area contributed by atoms with E-state index >= 15 is 0 Å². The Kier molecular flexibility index (Phi) is 5.35. The predicted octanol–water partition coefficient (Wildman–Crippen LogP) is 2.66. The highest BCUT2D eigenvalue weighted by molar-refractivity contribution is 7.80. The van der Waals surface area contributed by atoms with Gasteiger partial charge in [0.1, 0.15) is 0 Å². The average Bonchev–Trinajstić information content (AvgIpc) is 2.48. The van der Waals surface area contributed by atoms with Crippen LogP contribution in [0.3, 0.4) is 0 Å². The number of carbonyl (C=O) groups is 1. The molecule has 1 heterocycles. The van der Waals surface area contributed by atoms with Crippen molar-refractivity contribution in [2.45, 2.75) is 19.8 Å². The summed E-state index contributed by atoms with van der Waals surface area (Å²) in [5.41, 5.74) is 0.968. The normalized spacial score (nSPS) is 18.4. The topological polar surface area (TPSA) is 41.6 Å². The fraction of sp³-hybridized carbons (Fsp3) is 0.467. The summed E-state index contributed by atoms with van der Waals surface area (Å²) >= 11 is 5.42. The Morgan fingerprint density at radius 1 is 1.45 bits per heavy atom. The molecule has 1 aliphatic heterocycles. The molecule has 5 heteroatoms. The number of para-hydroxylation sites is 1. The third kappa shape index (κ3) is 3.93. The van der Waals surface area contributed by atoms with Crippen LogP contribution in [0.15, 0.2) is 30.3 Å². The molecule has 1 aromatic carbocycles. The quantitative estimate of drug-likeness (QED) is 0.685. The number of piperidine rings is 1. The maximum absolute atomic E-state index is 11.8. The molecule has 1 N–H and O–H groups in total. The van der Waals surface area contributed by atoms with Crippen LogP contribution in [-0.4, -0.2) is 35.7 Å². The first-order valence-electron chi connectivity index (χ1n) is 6.98. The van der Waals surface area contributed by atoms with Gasteiger partial charge < -0.3 is 15.0 Å². The van der Waals surface area contributed by atoms with Crippen LogP contribution in [0.5, 0.6) is 0 Å². The van der Waals surface area contributed by atoms with E-state index in [1.54, 1.807) is 0 Å². The number of ether oxygens (including phenoxy) is 1. The Morgan fingerprint density at radius 2 is 2.20 bits per heavy atom. The number of anilines is 1. The second-order valence-corrected chi connectivity index (χ2v) is 5.22. The second-order valence-electron chi connectivity index (χ2n) is 4.83. The molecule has 0 aliphatic carbocycles. The molecule has 2 rings (SSSR count). The summed E-state index contributed by atoms with van der Waals surface area (Å²) in [6.07, 6.45) is 1.84. The third-order valence-corrected chi connectivity index (χ3v) is 3.71. The van der Waals surface area contributed by atoms with Gasteiger partial charge in [-0.2, -0.15) is 0 Å². The zero-order valence-electron chi connectivity index (χ0n) is 11.7. The van der Waals surface area contributed by atoms with Gasteiger partial charge in [0.2, 0.25) is 0 Å². The maximum Gasteiger partial charge on any atom is 0.310 e. The molecular formula is C15H20N2O2S. The number of nitrogens with one attached hydrogen (secondary N) is 1. The molecule has 108 valence electrons. The Hall–Kier alpha value is -1.62. The Balaban J connectivity index is 1.91. The largest absolute Gasteiger partial charge is 0.466 e. The zero-order chi connectivity index (χ0) is 14.4. The minimum Gasteiger partial charge on any atom is -0.466 e. The Labute approximate surface area is 125 Å². The predicted molar refractivity (Wildman–Crippen MR) is 83.6 cm³/mol. The minimum absolute atomic E-state index is 0.0702. The van der Waals surface area contributed by atoms with Crippen molar-refractivity contribution < 1.29 is 9.53 Å². The first kappa shape index (κ1) is 14.8. The number of nitrogens with zero attached hydrogens (tertiary/aromatic N) is 1. The number of rotatable bonds is 3. The maximum atomic E-state index is 11.8. The molecule has 0 radical (unpaired) electrons. The van der Waals surface area contributed by atoms with E-state index in [9.17, 15) is 4.79 Å². The number of thiocarbonyl (C=S) groups is 1. The van der Waals surface area contributed by atoms with E-state index in [0.29, 0.717) is 18.3 Å². The van der Waals surface area contributed by atoms with Gasteiger partial charge in [-0.3, -0.25) is 4.79 Å². The summed E-state index contributed by atoms with van der Waals surface area (Å²) in [5.74, 6) is -0.182. The van der Waals surface area contributed by atoms with Gasteiger partial charge >= 0.3 is 5.97 Å².